The highest BCUT2D eigenvalue weighted by Gasteiger charge is 2.40. The number of rotatable bonds is 8. The number of ether oxygens (including phenoxy) is 3. The summed E-state index contributed by atoms with van der Waals surface area (Å²) < 4.78 is 16.4. The Labute approximate surface area is 145 Å². The van der Waals surface area contributed by atoms with Crippen molar-refractivity contribution in [3.05, 3.63) is 23.8 Å². The molecule has 1 aliphatic heterocycles. The Morgan fingerprint density at radius 1 is 1.25 bits per heavy atom. The third-order valence-electron chi connectivity index (χ3n) is 5.01. The van der Waals surface area contributed by atoms with Gasteiger partial charge in [0.25, 0.3) is 0 Å². The van der Waals surface area contributed by atoms with Crippen LogP contribution in [0, 0.1) is 0 Å². The molecule has 0 aromatic heterocycles. The maximum atomic E-state index is 10.8. The normalized spacial score (nSPS) is 27.0. The molecule has 1 aliphatic rings. The first-order valence-corrected chi connectivity index (χ1v) is 8.71. The Bertz CT molecular complexity index is 536. The lowest BCUT2D eigenvalue weighted by Crippen LogP contribution is -2.48. The number of aliphatic hydroxyl groups is 1. The van der Waals surface area contributed by atoms with Gasteiger partial charge in [-0.15, -0.1) is 0 Å². The van der Waals surface area contributed by atoms with E-state index in [1.165, 1.54) is 0 Å². The van der Waals surface area contributed by atoms with Crippen molar-refractivity contribution >= 4 is 0 Å². The van der Waals surface area contributed by atoms with Crippen molar-refractivity contribution in [2.24, 2.45) is 0 Å². The van der Waals surface area contributed by atoms with Crippen LogP contribution in [0.15, 0.2) is 18.2 Å². The monoisotopic (exact) mass is 337 g/mol. The van der Waals surface area contributed by atoms with Crippen LogP contribution in [-0.2, 0) is 11.3 Å². The highest BCUT2D eigenvalue weighted by atomic mass is 16.5. The van der Waals surface area contributed by atoms with Gasteiger partial charge >= 0.3 is 0 Å². The molecular weight excluding hydrogens is 306 g/mol. The molecule has 0 unspecified atom stereocenters. The summed E-state index contributed by atoms with van der Waals surface area (Å²) >= 11 is 0. The van der Waals surface area contributed by atoms with Crippen LogP contribution < -0.4 is 14.8 Å². The van der Waals surface area contributed by atoms with Gasteiger partial charge in [-0.1, -0.05) is 13.0 Å². The van der Waals surface area contributed by atoms with Crippen molar-refractivity contribution in [3.63, 3.8) is 0 Å². The Kier molecular flexibility index (Phi) is 6.49. The lowest BCUT2D eigenvalue weighted by Gasteiger charge is -2.43. The zero-order valence-corrected chi connectivity index (χ0v) is 15.4. The molecule has 136 valence electrons. The molecule has 1 heterocycles. The first kappa shape index (κ1) is 19.0. The predicted octanol–water partition coefficient (Wildman–Crippen LogP) is 2.89. The lowest BCUT2D eigenvalue weighted by atomic mass is 9.80. The van der Waals surface area contributed by atoms with Crippen molar-refractivity contribution < 1.29 is 19.3 Å². The largest absolute Gasteiger partial charge is 0.493 e. The highest BCUT2D eigenvalue weighted by Crippen LogP contribution is 2.36. The third kappa shape index (κ3) is 4.85. The molecule has 24 heavy (non-hydrogen) atoms. The SMILES string of the molecule is CC[C@]1(C)C[C@@](O)(CCNCc2ccc(OC)c(OC)c2)CCO1. The molecule has 2 N–H and O–H groups in total. The summed E-state index contributed by atoms with van der Waals surface area (Å²) in [4.78, 5) is 0. The quantitative estimate of drug-likeness (QED) is 0.714. The topological polar surface area (TPSA) is 60.0 Å². The average Bonchev–Trinajstić information content (AvgIpc) is 2.58. The molecule has 2 rings (SSSR count). The van der Waals surface area contributed by atoms with Crippen molar-refractivity contribution in [2.75, 3.05) is 27.4 Å². The van der Waals surface area contributed by atoms with Crippen molar-refractivity contribution in [1.29, 1.82) is 0 Å². The molecular formula is C19H31NO4. The van der Waals surface area contributed by atoms with E-state index < -0.39 is 5.60 Å². The number of hydrogen-bond acceptors (Lipinski definition) is 5. The van der Waals surface area contributed by atoms with Gasteiger partial charge in [-0.2, -0.15) is 0 Å². The molecule has 0 saturated carbocycles. The summed E-state index contributed by atoms with van der Waals surface area (Å²) in [5.74, 6) is 1.47. The number of benzene rings is 1. The number of nitrogens with one attached hydrogen (secondary N) is 1. The van der Waals surface area contributed by atoms with Crippen LogP contribution in [-0.4, -0.2) is 43.7 Å². The van der Waals surface area contributed by atoms with Gasteiger partial charge in [0.05, 0.1) is 32.0 Å². The smallest absolute Gasteiger partial charge is 0.161 e. The summed E-state index contributed by atoms with van der Waals surface area (Å²) in [6.07, 6.45) is 3.07. The first-order valence-electron chi connectivity index (χ1n) is 8.71. The molecule has 0 aliphatic carbocycles. The van der Waals surface area contributed by atoms with E-state index in [1.54, 1.807) is 14.2 Å². The molecule has 0 spiro atoms. The summed E-state index contributed by atoms with van der Waals surface area (Å²) in [5, 5.41) is 14.2. The van der Waals surface area contributed by atoms with E-state index >= 15 is 0 Å². The van der Waals surface area contributed by atoms with Crippen LogP contribution in [0.25, 0.3) is 0 Å². The summed E-state index contributed by atoms with van der Waals surface area (Å²) in [6, 6.07) is 5.91. The van der Waals surface area contributed by atoms with E-state index in [-0.39, 0.29) is 5.60 Å². The van der Waals surface area contributed by atoms with E-state index in [2.05, 4.69) is 19.2 Å². The summed E-state index contributed by atoms with van der Waals surface area (Å²) in [7, 11) is 3.27. The van der Waals surface area contributed by atoms with E-state index in [0.717, 1.165) is 43.0 Å². The molecule has 2 atom stereocenters. The first-order chi connectivity index (χ1) is 11.4. The molecule has 5 nitrogen and oxygen atoms in total. The Morgan fingerprint density at radius 2 is 2.00 bits per heavy atom. The molecule has 1 fully saturated rings. The van der Waals surface area contributed by atoms with E-state index in [1.807, 2.05) is 18.2 Å². The Balaban J connectivity index is 1.82. The van der Waals surface area contributed by atoms with E-state index in [0.29, 0.717) is 19.4 Å². The second-order valence-corrected chi connectivity index (χ2v) is 6.92. The zero-order valence-electron chi connectivity index (χ0n) is 15.4. The minimum Gasteiger partial charge on any atom is -0.493 e. The van der Waals surface area contributed by atoms with Crippen molar-refractivity contribution in [3.8, 4) is 11.5 Å². The predicted molar refractivity (Wildman–Crippen MR) is 94.7 cm³/mol. The van der Waals surface area contributed by atoms with Crippen LogP contribution in [0.1, 0.15) is 45.1 Å². The van der Waals surface area contributed by atoms with Crippen LogP contribution in [0.2, 0.25) is 0 Å². The van der Waals surface area contributed by atoms with Crippen LogP contribution in [0.4, 0.5) is 0 Å². The molecule has 1 aromatic rings. The number of methoxy groups -OCH3 is 2. The molecule has 0 radical (unpaired) electrons. The number of hydrogen-bond donors (Lipinski definition) is 2. The molecule has 0 bridgehead atoms. The van der Waals surface area contributed by atoms with Gasteiger partial charge in [0, 0.05) is 13.0 Å². The van der Waals surface area contributed by atoms with Gasteiger partial charge in [-0.25, -0.2) is 0 Å². The fourth-order valence-electron chi connectivity index (χ4n) is 3.31. The van der Waals surface area contributed by atoms with Crippen LogP contribution >= 0.6 is 0 Å². The zero-order chi connectivity index (χ0) is 17.6. The Morgan fingerprint density at radius 3 is 2.67 bits per heavy atom. The molecule has 1 saturated heterocycles. The van der Waals surface area contributed by atoms with Crippen LogP contribution in [0.5, 0.6) is 11.5 Å². The highest BCUT2D eigenvalue weighted by molar-refractivity contribution is 5.42. The molecule has 0 amide bonds. The van der Waals surface area contributed by atoms with Gasteiger partial charge < -0.3 is 24.6 Å². The average molecular weight is 337 g/mol. The summed E-state index contributed by atoms with van der Waals surface area (Å²) in [6.45, 7) is 6.34. The van der Waals surface area contributed by atoms with Gasteiger partial charge in [0.2, 0.25) is 0 Å². The Hall–Kier alpha value is -1.30. The fourth-order valence-corrected chi connectivity index (χ4v) is 3.31. The summed E-state index contributed by atoms with van der Waals surface area (Å²) in [5.41, 5.74) is 0.300. The molecule has 5 heteroatoms. The third-order valence-corrected chi connectivity index (χ3v) is 5.01. The van der Waals surface area contributed by atoms with Crippen LogP contribution in [0.3, 0.4) is 0 Å². The second kappa shape index (κ2) is 8.19. The van der Waals surface area contributed by atoms with Gasteiger partial charge in [-0.3, -0.25) is 0 Å². The minimum atomic E-state index is -0.631. The standard InChI is InChI=1S/C19H31NO4/c1-5-18(2)14-19(21,9-11-24-18)8-10-20-13-15-6-7-16(22-3)17(12-15)23-4/h6-7,12,20-21H,5,8-11,13-14H2,1-4H3/t18-,19-/m1/s1. The van der Waals surface area contributed by atoms with Crippen molar-refractivity contribution in [1.82, 2.24) is 5.32 Å². The lowest BCUT2D eigenvalue weighted by molar-refractivity contribution is -0.155. The van der Waals surface area contributed by atoms with Gasteiger partial charge in [-0.05, 0) is 50.4 Å². The minimum absolute atomic E-state index is 0.198. The van der Waals surface area contributed by atoms with Gasteiger partial charge in [0.1, 0.15) is 0 Å². The van der Waals surface area contributed by atoms with Gasteiger partial charge in [0.15, 0.2) is 11.5 Å². The maximum Gasteiger partial charge on any atom is 0.161 e. The fraction of sp³-hybridized carbons (Fsp3) is 0.684. The van der Waals surface area contributed by atoms with E-state index in [9.17, 15) is 5.11 Å². The van der Waals surface area contributed by atoms with E-state index in [4.69, 9.17) is 14.2 Å². The molecule has 1 aromatic carbocycles. The second-order valence-electron chi connectivity index (χ2n) is 6.92. The maximum absolute atomic E-state index is 10.8. The van der Waals surface area contributed by atoms with Crippen molar-refractivity contribution in [2.45, 2.75) is 57.3 Å².